The molecular formula is C12H15FN2O4. The first-order valence-corrected chi connectivity index (χ1v) is 5.59. The molecule has 7 heteroatoms. The number of carbonyl (C=O) groups is 2. The molecule has 1 unspecified atom stereocenters. The number of carboxylic acid groups (broad SMARTS) is 1. The fourth-order valence-corrected chi connectivity index (χ4v) is 1.47. The van der Waals surface area contributed by atoms with E-state index in [1.54, 1.807) is 6.07 Å². The van der Waals surface area contributed by atoms with E-state index in [-0.39, 0.29) is 18.7 Å². The van der Waals surface area contributed by atoms with Crippen molar-refractivity contribution in [1.29, 1.82) is 0 Å². The Hall–Kier alpha value is -2.15. The largest absolute Gasteiger partial charge is 0.480 e. The zero-order valence-electron chi connectivity index (χ0n) is 10.3. The number of carbonyl (C=O) groups excluding carboxylic acids is 1. The molecule has 19 heavy (non-hydrogen) atoms. The van der Waals surface area contributed by atoms with Gasteiger partial charge in [0.05, 0.1) is 5.69 Å². The lowest BCUT2D eigenvalue weighted by Crippen LogP contribution is -2.47. The van der Waals surface area contributed by atoms with Crippen LogP contribution in [0.15, 0.2) is 24.3 Å². The van der Waals surface area contributed by atoms with Gasteiger partial charge in [-0.3, -0.25) is 4.90 Å². The molecule has 1 aromatic rings. The van der Waals surface area contributed by atoms with Gasteiger partial charge in [0, 0.05) is 20.1 Å². The summed E-state index contributed by atoms with van der Waals surface area (Å²) in [5, 5.41) is 19.8. The monoisotopic (exact) mass is 270 g/mol. The maximum atomic E-state index is 13.5. The number of hydrogen-bond donors (Lipinski definition) is 3. The number of aliphatic hydroxyl groups excluding tert-OH is 1. The summed E-state index contributed by atoms with van der Waals surface area (Å²) in [5.74, 6) is -1.85. The van der Waals surface area contributed by atoms with Crippen LogP contribution in [0.2, 0.25) is 0 Å². The molecule has 0 radical (unpaired) electrons. The molecule has 0 saturated carbocycles. The summed E-state index contributed by atoms with van der Waals surface area (Å²) < 4.78 is 13.5. The minimum Gasteiger partial charge on any atom is -0.480 e. The first-order chi connectivity index (χ1) is 8.97. The molecule has 2 amide bonds. The van der Waals surface area contributed by atoms with Crippen molar-refractivity contribution >= 4 is 17.7 Å². The van der Waals surface area contributed by atoms with Crippen molar-refractivity contribution in [3.05, 3.63) is 30.1 Å². The minimum atomic E-state index is -1.26. The van der Waals surface area contributed by atoms with Gasteiger partial charge in [0.1, 0.15) is 11.9 Å². The normalized spacial score (nSPS) is 11.7. The van der Waals surface area contributed by atoms with Crippen molar-refractivity contribution in [2.75, 3.05) is 18.6 Å². The molecule has 1 atom stereocenters. The van der Waals surface area contributed by atoms with E-state index in [1.165, 1.54) is 25.2 Å². The highest BCUT2D eigenvalue weighted by molar-refractivity contribution is 5.94. The van der Waals surface area contributed by atoms with Gasteiger partial charge < -0.3 is 15.5 Å². The molecule has 0 heterocycles. The number of aliphatic carboxylic acids is 1. The van der Waals surface area contributed by atoms with Crippen LogP contribution in [0.4, 0.5) is 14.9 Å². The van der Waals surface area contributed by atoms with Gasteiger partial charge in [-0.25, -0.2) is 14.0 Å². The summed E-state index contributed by atoms with van der Waals surface area (Å²) in [6.45, 7) is -0.374. The second kappa shape index (κ2) is 6.69. The third-order valence-electron chi connectivity index (χ3n) is 2.53. The lowest BCUT2D eigenvalue weighted by atomic mass is 10.2. The van der Waals surface area contributed by atoms with Crippen molar-refractivity contribution in [2.24, 2.45) is 0 Å². The Kier molecular flexibility index (Phi) is 5.25. The SMILES string of the molecule is CN(C(=O)NC(CCO)C(=O)O)c1ccccc1F. The number of nitrogens with zero attached hydrogens (tertiary/aromatic N) is 1. The third-order valence-corrected chi connectivity index (χ3v) is 2.53. The Bertz CT molecular complexity index is 467. The first kappa shape index (κ1) is 14.9. The second-order valence-electron chi connectivity index (χ2n) is 3.86. The molecule has 6 nitrogen and oxygen atoms in total. The molecule has 0 aromatic heterocycles. The lowest BCUT2D eigenvalue weighted by molar-refractivity contribution is -0.139. The maximum Gasteiger partial charge on any atom is 0.326 e. The summed E-state index contributed by atoms with van der Waals surface area (Å²) in [7, 11) is 1.33. The number of aliphatic hydroxyl groups is 1. The lowest BCUT2D eigenvalue weighted by Gasteiger charge is -2.21. The van der Waals surface area contributed by atoms with Gasteiger partial charge in [-0.05, 0) is 12.1 Å². The number of carboxylic acids is 1. The predicted molar refractivity (Wildman–Crippen MR) is 66.5 cm³/mol. The molecule has 1 aromatic carbocycles. The van der Waals surface area contributed by atoms with E-state index < -0.39 is 23.9 Å². The Morgan fingerprint density at radius 1 is 1.42 bits per heavy atom. The highest BCUT2D eigenvalue weighted by Gasteiger charge is 2.22. The van der Waals surface area contributed by atoms with Gasteiger partial charge in [-0.2, -0.15) is 0 Å². The molecule has 104 valence electrons. The summed E-state index contributed by atoms with van der Waals surface area (Å²) >= 11 is 0. The Balaban J connectivity index is 2.77. The standard InChI is InChI=1S/C12H15FN2O4/c1-15(10-5-3-2-4-8(10)13)12(19)14-9(6-7-16)11(17)18/h2-5,9,16H,6-7H2,1H3,(H,14,19)(H,17,18). The number of nitrogens with one attached hydrogen (secondary N) is 1. The predicted octanol–water partition coefficient (Wildman–Crippen LogP) is 0.807. The quantitative estimate of drug-likeness (QED) is 0.738. The second-order valence-corrected chi connectivity index (χ2v) is 3.86. The van der Waals surface area contributed by atoms with Crippen LogP contribution in [-0.2, 0) is 4.79 Å². The van der Waals surface area contributed by atoms with Gasteiger partial charge >= 0.3 is 12.0 Å². The summed E-state index contributed by atoms with van der Waals surface area (Å²) in [4.78, 5) is 23.6. The number of hydrogen-bond acceptors (Lipinski definition) is 3. The van der Waals surface area contributed by atoms with Crippen LogP contribution in [0.5, 0.6) is 0 Å². The summed E-state index contributed by atoms with van der Waals surface area (Å²) in [6.07, 6.45) is -0.119. The van der Waals surface area contributed by atoms with Crippen LogP contribution in [0.1, 0.15) is 6.42 Å². The molecular weight excluding hydrogens is 255 g/mol. The van der Waals surface area contributed by atoms with Crippen molar-refractivity contribution in [2.45, 2.75) is 12.5 Å². The number of rotatable bonds is 5. The van der Waals surface area contributed by atoms with Crippen LogP contribution < -0.4 is 10.2 Å². The first-order valence-electron chi connectivity index (χ1n) is 5.59. The zero-order chi connectivity index (χ0) is 14.4. The molecule has 0 aliphatic heterocycles. The smallest absolute Gasteiger partial charge is 0.326 e. The average molecular weight is 270 g/mol. The van der Waals surface area contributed by atoms with E-state index in [0.717, 1.165) is 4.90 Å². The average Bonchev–Trinajstić information content (AvgIpc) is 2.37. The zero-order valence-corrected chi connectivity index (χ0v) is 10.3. The number of halogens is 1. The molecule has 0 aliphatic rings. The molecule has 0 bridgehead atoms. The van der Waals surface area contributed by atoms with Gasteiger partial charge in [0.25, 0.3) is 0 Å². The highest BCUT2D eigenvalue weighted by Crippen LogP contribution is 2.17. The van der Waals surface area contributed by atoms with E-state index in [1.807, 2.05) is 0 Å². The van der Waals surface area contributed by atoms with Crippen molar-refractivity contribution < 1.29 is 24.2 Å². The van der Waals surface area contributed by atoms with E-state index in [2.05, 4.69) is 5.32 Å². The van der Waals surface area contributed by atoms with Crippen molar-refractivity contribution in [3.8, 4) is 0 Å². The fourth-order valence-electron chi connectivity index (χ4n) is 1.47. The van der Waals surface area contributed by atoms with Crippen LogP contribution in [0, 0.1) is 5.82 Å². The Labute approximate surface area is 109 Å². The Morgan fingerprint density at radius 2 is 2.05 bits per heavy atom. The summed E-state index contributed by atoms with van der Waals surface area (Å²) in [6, 6.07) is 3.66. The van der Waals surface area contributed by atoms with Gasteiger partial charge in [0.2, 0.25) is 0 Å². The number of urea groups is 1. The van der Waals surface area contributed by atoms with Gasteiger partial charge in [-0.15, -0.1) is 0 Å². The van der Waals surface area contributed by atoms with E-state index in [9.17, 15) is 14.0 Å². The number of amides is 2. The van der Waals surface area contributed by atoms with E-state index >= 15 is 0 Å². The highest BCUT2D eigenvalue weighted by atomic mass is 19.1. The summed E-state index contributed by atoms with van der Waals surface area (Å²) in [5.41, 5.74) is 0.0353. The number of para-hydroxylation sites is 1. The minimum absolute atomic E-state index is 0.0353. The van der Waals surface area contributed by atoms with Crippen molar-refractivity contribution in [1.82, 2.24) is 5.32 Å². The van der Waals surface area contributed by atoms with Crippen LogP contribution >= 0.6 is 0 Å². The van der Waals surface area contributed by atoms with Crippen molar-refractivity contribution in [3.63, 3.8) is 0 Å². The van der Waals surface area contributed by atoms with Crippen LogP contribution in [0.3, 0.4) is 0 Å². The third kappa shape index (κ3) is 3.92. The number of benzene rings is 1. The number of anilines is 1. The topological polar surface area (TPSA) is 89.9 Å². The molecule has 3 N–H and O–H groups in total. The van der Waals surface area contributed by atoms with Gasteiger partial charge in [0.15, 0.2) is 0 Å². The van der Waals surface area contributed by atoms with Crippen LogP contribution in [0.25, 0.3) is 0 Å². The van der Waals surface area contributed by atoms with Gasteiger partial charge in [-0.1, -0.05) is 12.1 Å². The fraction of sp³-hybridized carbons (Fsp3) is 0.333. The molecule has 0 spiro atoms. The van der Waals surface area contributed by atoms with Crippen LogP contribution in [-0.4, -0.2) is 41.9 Å². The van der Waals surface area contributed by atoms with E-state index in [4.69, 9.17) is 10.2 Å². The molecule has 0 fully saturated rings. The molecule has 1 rings (SSSR count). The molecule has 0 saturated heterocycles. The van der Waals surface area contributed by atoms with E-state index in [0.29, 0.717) is 0 Å². The Morgan fingerprint density at radius 3 is 2.58 bits per heavy atom. The maximum absolute atomic E-state index is 13.5. The molecule has 0 aliphatic carbocycles.